The third kappa shape index (κ3) is 4.52. The molecule has 0 aliphatic heterocycles. The number of benzene rings is 1. The van der Waals surface area contributed by atoms with Crippen molar-refractivity contribution >= 4 is 15.9 Å². The van der Waals surface area contributed by atoms with Gasteiger partial charge >= 0.3 is 0 Å². The van der Waals surface area contributed by atoms with Crippen LogP contribution in [0.15, 0.2) is 29.2 Å². The largest absolute Gasteiger partial charge is 0.352 e. The fourth-order valence-corrected chi connectivity index (χ4v) is 2.83. The van der Waals surface area contributed by atoms with Gasteiger partial charge in [-0.2, -0.15) is 0 Å². The molecule has 1 amide bonds. The minimum Gasteiger partial charge on any atom is -0.352 e. The number of rotatable bonds is 7. The number of carbonyl (C=O) groups excluding carboxylic acids is 1. The van der Waals surface area contributed by atoms with E-state index in [1.54, 1.807) is 24.3 Å². The average molecular weight is 311 g/mol. The molecular formula is C14H21N3O3S. The molecule has 7 heteroatoms. The first-order valence-corrected chi connectivity index (χ1v) is 8.47. The highest BCUT2D eigenvalue weighted by Gasteiger charge is 2.24. The molecule has 1 aliphatic carbocycles. The number of nitrogens with one attached hydrogen (secondary N) is 3. The summed E-state index contributed by atoms with van der Waals surface area (Å²) in [5, 5.41) is 5.82. The van der Waals surface area contributed by atoms with Gasteiger partial charge in [0.25, 0.3) is 0 Å². The molecule has 0 heterocycles. The molecule has 0 radical (unpaired) electrons. The minimum atomic E-state index is -3.65. The second-order valence-electron chi connectivity index (χ2n) is 5.25. The molecule has 1 aromatic rings. The van der Waals surface area contributed by atoms with Crippen LogP contribution in [-0.4, -0.2) is 34.0 Å². The van der Waals surface area contributed by atoms with Gasteiger partial charge in [-0.15, -0.1) is 0 Å². The molecule has 0 saturated heterocycles. The van der Waals surface area contributed by atoms with Crippen molar-refractivity contribution in [2.45, 2.75) is 36.7 Å². The maximum Gasteiger partial charge on any atom is 0.241 e. The van der Waals surface area contributed by atoms with Crippen molar-refractivity contribution in [2.24, 2.45) is 0 Å². The van der Waals surface area contributed by atoms with Gasteiger partial charge in [0, 0.05) is 12.1 Å². The van der Waals surface area contributed by atoms with Gasteiger partial charge in [0.05, 0.1) is 11.4 Å². The van der Waals surface area contributed by atoms with E-state index in [2.05, 4.69) is 15.4 Å². The molecule has 116 valence electrons. The topological polar surface area (TPSA) is 87.3 Å². The van der Waals surface area contributed by atoms with Gasteiger partial charge in [-0.05, 0) is 44.5 Å². The predicted octanol–water partition coefficient (Wildman–Crippen LogP) is 0.524. The molecule has 3 N–H and O–H groups in total. The normalized spacial score (nSPS) is 16.5. The smallest absolute Gasteiger partial charge is 0.241 e. The summed E-state index contributed by atoms with van der Waals surface area (Å²) < 4.78 is 26.5. The molecule has 2 rings (SSSR count). The Morgan fingerprint density at radius 2 is 1.90 bits per heavy atom. The summed E-state index contributed by atoms with van der Waals surface area (Å²) in [4.78, 5) is 11.7. The zero-order chi connectivity index (χ0) is 15.5. The van der Waals surface area contributed by atoms with E-state index in [-0.39, 0.29) is 29.4 Å². The standard InChI is InChI=1S/C14H21N3O3S/c1-10(15-2)11-3-7-13(8-4-11)21(19,20)16-9-14(18)17-12-5-6-12/h3-4,7-8,10,12,15-16H,5-6,9H2,1-2H3,(H,17,18). The quantitative estimate of drug-likeness (QED) is 0.685. The van der Waals surface area contributed by atoms with E-state index in [4.69, 9.17) is 0 Å². The van der Waals surface area contributed by atoms with Gasteiger partial charge in [-0.25, -0.2) is 13.1 Å². The van der Waals surface area contributed by atoms with Crippen LogP contribution in [-0.2, 0) is 14.8 Å². The van der Waals surface area contributed by atoms with E-state index >= 15 is 0 Å². The van der Waals surface area contributed by atoms with Crippen molar-refractivity contribution in [3.05, 3.63) is 29.8 Å². The summed E-state index contributed by atoms with van der Waals surface area (Å²) in [5.74, 6) is -0.290. The van der Waals surface area contributed by atoms with Gasteiger partial charge in [0.15, 0.2) is 0 Å². The third-order valence-corrected chi connectivity index (χ3v) is 4.91. The zero-order valence-electron chi connectivity index (χ0n) is 12.2. The second-order valence-corrected chi connectivity index (χ2v) is 7.01. The summed E-state index contributed by atoms with van der Waals surface area (Å²) in [7, 11) is -1.81. The van der Waals surface area contributed by atoms with Gasteiger partial charge in [-0.1, -0.05) is 12.1 Å². The van der Waals surface area contributed by atoms with Crippen LogP contribution in [0.1, 0.15) is 31.4 Å². The SMILES string of the molecule is CNC(C)c1ccc(S(=O)(=O)NCC(=O)NC2CC2)cc1. The Labute approximate surface area is 125 Å². The molecule has 1 saturated carbocycles. The average Bonchev–Trinajstić information content (AvgIpc) is 3.28. The lowest BCUT2D eigenvalue weighted by Gasteiger charge is -2.12. The van der Waals surface area contributed by atoms with Crippen LogP contribution < -0.4 is 15.4 Å². The number of hydrogen-bond acceptors (Lipinski definition) is 4. The molecule has 0 aromatic heterocycles. The van der Waals surface area contributed by atoms with Crippen LogP contribution in [0.4, 0.5) is 0 Å². The summed E-state index contributed by atoms with van der Waals surface area (Å²) in [6.45, 7) is 1.76. The van der Waals surface area contributed by atoms with Gasteiger partial charge in [0.2, 0.25) is 15.9 Å². The highest BCUT2D eigenvalue weighted by atomic mass is 32.2. The van der Waals surface area contributed by atoms with Crippen LogP contribution in [0.2, 0.25) is 0 Å². The molecule has 0 bridgehead atoms. The minimum absolute atomic E-state index is 0.152. The molecule has 0 spiro atoms. The maximum atomic E-state index is 12.1. The monoisotopic (exact) mass is 311 g/mol. The fraction of sp³-hybridized carbons (Fsp3) is 0.500. The summed E-state index contributed by atoms with van der Waals surface area (Å²) in [6.07, 6.45) is 1.95. The summed E-state index contributed by atoms with van der Waals surface area (Å²) in [6, 6.07) is 7.00. The van der Waals surface area contributed by atoms with Crippen molar-refractivity contribution in [2.75, 3.05) is 13.6 Å². The molecule has 21 heavy (non-hydrogen) atoms. The lowest BCUT2D eigenvalue weighted by atomic mass is 10.1. The van der Waals surface area contributed by atoms with Crippen LogP contribution in [0, 0.1) is 0 Å². The van der Waals surface area contributed by atoms with E-state index in [1.165, 1.54) is 0 Å². The molecule has 1 atom stereocenters. The third-order valence-electron chi connectivity index (χ3n) is 3.49. The van der Waals surface area contributed by atoms with Crippen LogP contribution >= 0.6 is 0 Å². The van der Waals surface area contributed by atoms with Gasteiger partial charge in [0.1, 0.15) is 0 Å². The Bertz CT molecular complexity index is 594. The molecular weight excluding hydrogens is 290 g/mol. The first-order chi connectivity index (χ1) is 9.92. The van der Waals surface area contributed by atoms with E-state index in [0.717, 1.165) is 18.4 Å². The highest BCUT2D eigenvalue weighted by molar-refractivity contribution is 7.89. The van der Waals surface area contributed by atoms with E-state index in [9.17, 15) is 13.2 Å². The van der Waals surface area contributed by atoms with Crippen LogP contribution in [0.3, 0.4) is 0 Å². The van der Waals surface area contributed by atoms with Crippen molar-refractivity contribution in [1.29, 1.82) is 0 Å². The Morgan fingerprint density at radius 3 is 2.43 bits per heavy atom. The van der Waals surface area contributed by atoms with Crippen molar-refractivity contribution < 1.29 is 13.2 Å². The van der Waals surface area contributed by atoms with Crippen molar-refractivity contribution in [3.8, 4) is 0 Å². The second kappa shape index (κ2) is 6.55. The fourth-order valence-electron chi connectivity index (χ4n) is 1.85. The molecule has 1 aromatic carbocycles. The first-order valence-electron chi connectivity index (χ1n) is 6.98. The summed E-state index contributed by atoms with van der Waals surface area (Å²) >= 11 is 0. The summed E-state index contributed by atoms with van der Waals surface area (Å²) in [5.41, 5.74) is 1.00. The lowest BCUT2D eigenvalue weighted by Crippen LogP contribution is -2.37. The van der Waals surface area contributed by atoms with Crippen LogP contribution in [0.25, 0.3) is 0 Å². The number of amides is 1. The molecule has 1 aliphatic rings. The molecule has 6 nitrogen and oxygen atoms in total. The highest BCUT2D eigenvalue weighted by Crippen LogP contribution is 2.18. The van der Waals surface area contributed by atoms with E-state index in [0.29, 0.717) is 0 Å². The van der Waals surface area contributed by atoms with Gasteiger partial charge in [-0.3, -0.25) is 4.79 Å². The Kier molecular flexibility index (Phi) is 4.97. The number of hydrogen-bond donors (Lipinski definition) is 3. The lowest BCUT2D eigenvalue weighted by molar-refractivity contribution is -0.120. The zero-order valence-corrected chi connectivity index (χ0v) is 13.0. The number of carbonyl (C=O) groups is 1. The maximum absolute atomic E-state index is 12.1. The first kappa shape index (κ1) is 15.9. The van der Waals surface area contributed by atoms with Crippen LogP contribution in [0.5, 0.6) is 0 Å². The Morgan fingerprint density at radius 1 is 1.29 bits per heavy atom. The van der Waals surface area contributed by atoms with E-state index in [1.807, 2.05) is 14.0 Å². The van der Waals surface area contributed by atoms with Gasteiger partial charge < -0.3 is 10.6 Å². The molecule has 1 unspecified atom stereocenters. The van der Waals surface area contributed by atoms with Crippen molar-refractivity contribution in [3.63, 3.8) is 0 Å². The van der Waals surface area contributed by atoms with Crippen molar-refractivity contribution in [1.82, 2.24) is 15.4 Å². The molecule has 1 fully saturated rings. The van der Waals surface area contributed by atoms with E-state index < -0.39 is 10.0 Å². The Hall–Kier alpha value is -1.44. The Balaban J connectivity index is 1.96. The number of sulfonamides is 1. The predicted molar refractivity (Wildman–Crippen MR) is 80.3 cm³/mol.